The lowest BCUT2D eigenvalue weighted by atomic mass is 10.1. The highest BCUT2D eigenvalue weighted by Gasteiger charge is 2.14. The van der Waals surface area contributed by atoms with Crippen LogP contribution < -0.4 is 20.3 Å². The van der Waals surface area contributed by atoms with Gasteiger partial charge in [-0.2, -0.15) is 4.98 Å². The number of anilines is 4. The summed E-state index contributed by atoms with van der Waals surface area (Å²) in [6, 6.07) is 17.0. The summed E-state index contributed by atoms with van der Waals surface area (Å²) in [4.78, 5) is 23.8. The molecule has 1 aromatic heterocycles. The van der Waals surface area contributed by atoms with Crippen LogP contribution in [0.4, 0.5) is 23.1 Å². The molecule has 2 heterocycles. The molecule has 0 atom stereocenters. The van der Waals surface area contributed by atoms with Gasteiger partial charge in [-0.25, -0.2) is 4.98 Å². The molecule has 1 saturated heterocycles. The Morgan fingerprint density at radius 3 is 2.36 bits per heavy atom. The van der Waals surface area contributed by atoms with Crippen molar-refractivity contribution in [1.82, 2.24) is 9.97 Å². The first-order chi connectivity index (χ1) is 16.1. The van der Waals surface area contributed by atoms with E-state index in [-0.39, 0.29) is 5.91 Å². The number of hydrogen-bond donors (Lipinski definition) is 2. The van der Waals surface area contributed by atoms with Gasteiger partial charge in [-0.1, -0.05) is 12.1 Å². The Bertz CT molecular complexity index is 1100. The molecule has 2 aromatic carbocycles. The van der Waals surface area contributed by atoms with E-state index in [1.807, 2.05) is 61.5 Å². The highest BCUT2D eigenvalue weighted by atomic mass is 16.5. The van der Waals surface area contributed by atoms with Gasteiger partial charge >= 0.3 is 0 Å². The maximum absolute atomic E-state index is 12.2. The fourth-order valence-corrected chi connectivity index (χ4v) is 3.73. The van der Waals surface area contributed by atoms with Gasteiger partial charge in [0.1, 0.15) is 11.6 Å². The van der Waals surface area contributed by atoms with Crippen molar-refractivity contribution in [1.29, 1.82) is 0 Å². The van der Waals surface area contributed by atoms with Gasteiger partial charge < -0.3 is 20.3 Å². The van der Waals surface area contributed by atoms with Crippen LogP contribution in [0.5, 0.6) is 5.75 Å². The number of hydrogen-bond acceptors (Lipinski definition) is 6. The van der Waals surface area contributed by atoms with E-state index >= 15 is 0 Å². The number of nitrogens with zero attached hydrogens (tertiary/aromatic N) is 3. The van der Waals surface area contributed by atoms with Gasteiger partial charge in [-0.05, 0) is 74.2 Å². The van der Waals surface area contributed by atoms with Crippen LogP contribution >= 0.6 is 0 Å². The van der Waals surface area contributed by atoms with Gasteiger partial charge in [0.05, 0.1) is 7.11 Å². The molecule has 1 aliphatic heterocycles. The zero-order valence-electron chi connectivity index (χ0n) is 19.0. The molecule has 7 heteroatoms. The Kier molecular flexibility index (Phi) is 7.19. The quantitative estimate of drug-likeness (QED) is 0.490. The number of nitrogens with one attached hydrogen (secondary N) is 2. The van der Waals surface area contributed by atoms with Gasteiger partial charge in [0, 0.05) is 42.3 Å². The monoisotopic (exact) mass is 443 g/mol. The lowest BCUT2D eigenvalue weighted by Gasteiger charge is -2.28. The van der Waals surface area contributed by atoms with E-state index in [1.165, 1.54) is 25.3 Å². The number of methoxy groups -OCH3 is 1. The van der Waals surface area contributed by atoms with E-state index in [9.17, 15) is 4.79 Å². The van der Waals surface area contributed by atoms with Crippen LogP contribution in [-0.2, 0) is 4.79 Å². The molecular weight excluding hydrogens is 414 g/mol. The number of carbonyl (C=O) groups excluding carboxylic acids is 1. The van der Waals surface area contributed by atoms with Gasteiger partial charge in [0.15, 0.2) is 0 Å². The summed E-state index contributed by atoms with van der Waals surface area (Å²) in [5.74, 6) is 2.14. The summed E-state index contributed by atoms with van der Waals surface area (Å²) in [5, 5.41) is 6.15. The number of ether oxygens (including phenoxy) is 1. The number of carbonyl (C=O) groups is 1. The van der Waals surface area contributed by atoms with Gasteiger partial charge in [-0.15, -0.1) is 0 Å². The molecule has 7 nitrogen and oxygen atoms in total. The summed E-state index contributed by atoms with van der Waals surface area (Å²) in [5.41, 5.74) is 3.43. The third kappa shape index (κ3) is 6.32. The van der Waals surface area contributed by atoms with Crippen molar-refractivity contribution in [2.45, 2.75) is 26.2 Å². The van der Waals surface area contributed by atoms with E-state index in [1.54, 1.807) is 13.2 Å². The van der Waals surface area contributed by atoms with Crippen LogP contribution in [0.1, 0.15) is 30.5 Å². The molecule has 0 unspecified atom stereocenters. The molecule has 2 N–H and O–H groups in total. The molecule has 170 valence electrons. The fraction of sp³-hybridized carbons (Fsp3) is 0.269. The second-order valence-corrected chi connectivity index (χ2v) is 8.04. The lowest BCUT2D eigenvalue weighted by molar-refractivity contribution is -0.111. The van der Waals surface area contributed by atoms with E-state index in [0.29, 0.717) is 11.6 Å². The smallest absolute Gasteiger partial charge is 0.248 e. The first kappa shape index (κ1) is 22.3. The molecule has 1 fully saturated rings. The molecule has 4 rings (SSSR count). The summed E-state index contributed by atoms with van der Waals surface area (Å²) < 4.78 is 5.14. The predicted octanol–water partition coefficient (Wildman–Crippen LogP) is 5.18. The lowest BCUT2D eigenvalue weighted by Crippen LogP contribution is -2.30. The zero-order chi connectivity index (χ0) is 23.0. The number of piperidine rings is 1. The van der Waals surface area contributed by atoms with Crippen LogP contribution in [-0.4, -0.2) is 36.1 Å². The van der Waals surface area contributed by atoms with E-state index < -0.39 is 0 Å². The average Bonchev–Trinajstić information content (AvgIpc) is 2.84. The number of aromatic nitrogens is 2. The second-order valence-electron chi connectivity index (χ2n) is 8.04. The summed E-state index contributed by atoms with van der Waals surface area (Å²) in [7, 11) is 1.62. The van der Waals surface area contributed by atoms with Crippen molar-refractivity contribution in [3.05, 3.63) is 71.9 Å². The van der Waals surface area contributed by atoms with Crippen molar-refractivity contribution in [3.8, 4) is 5.75 Å². The van der Waals surface area contributed by atoms with E-state index in [2.05, 4.69) is 20.5 Å². The fourth-order valence-electron chi connectivity index (χ4n) is 3.73. The van der Waals surface area contributed by atoms with Gasteiger partial charge in [0.25, 0.3) is 0 Å². The molecule has 0 bridgehead atoms. The minimum Gasteiger partial charge on any atom is -0.497 e. The number of aryl methyl sites for hydroxylation is 1. The molecule has 0 spiro atoms. The first-order valence-electron chi connectivity index (χ1n) is 11.2. The molecular formula is C26H29N5O2. The van der Waals surface area contributed by atoms with Crippen molar-refractivity contribution in [2.75, 3.05) is 35.7 Å². The largest absolute Gasteiger partial charge is 0.497 e. The Balaban J connectivity index is 1.35. The highest BCUT2D eigenvalue weighted by molar-refractivity contribution is 6.02. The second kappa shape index (κ2) is 10.6. The van der Waals surface area contributed by atoms with Crippen LogP contribution in [0.2, 0.25) is 0 Å². The minimum absolute atomic E-state index is 0.195. The van der Waals surface area contributed by atoms with Crippen molar-refractivity contribution >= 4 is 35.1 Å². The topological polar surface area (TPSA) is 79.4 Å². The highest BCUT2D eigenvalue weighted by Crippen LogP contribution is 2.22. The van der Waals surface area contributed by atoms with E-state index in [4.69, 9.17) is 9.72 Å². The van der Waals surface area contributed by atoms with Crippen molar-refractivity contribution in [2.24, 2.45) is 0 Å². The molecule has 0 aliphatic carbocycles. The Hall–Kier alpha value is -3.87. The Morgan fingerprint density at radius 1 is 0.970 bits per heavy atom. The number of benzene rings is 2. The van der Waals surface area contributed by atoms with Crippen LogP contribution in [0.3, 0.4) is 0 Å². The van der Waals surface area contributed by atoms with Crippen molar-refractivity contribution < 1.29 is 9.53 Å². The predicted molar refractivity (Wildman–Crippen MR) is 133 cm³/mol. The zero-order valence-corrected chi connectivity index (χ0v) is 19.0. The maximum Gasteiger partial charge on any atom is 0.248 e. The minimum atomic E-state index is -0.195. The third-order valence-corrected chi connectivity index (χ3v) is 5.47. The maximum atomic E-state index is 12.2. The molecule has 3 aromatic rings. The van der Waals surface area contributed by atoms with Crippen LogP contribution in [0.15, 0.2) is 60.7 Å². The molecule has 0 radical (unpaired) electrons. The standard InChI is InChI=1S/C26H29N5O2/c1-19-18-24(31-16-4-3-5-17-31)30-26(27-19)29-22-11-9-21(10-12-22)28-25(32)15-8-20-6-13-23(33-2)14-7-20/h6-15,18H,3-5,16-17H2,1-2H3,(H,28,32)(H,27,29,30)/b15-8+. The summed E-state index contributed by atoms with van der Waals surface area (Å²) in [6.07, 6.45) is 6.96. The molecule has 1 aliphatic rings. The SMILES string of the molecule is COc1ccc(/C=C/C(=O)Nc2ccc(Nc3nc(C)cc(N4CCCCC4)n3)cc2)cc1. The Labute approximate surface area is 194 Å². The first-order valence-corrected chi connectivity index (χ1v) is 11.2. The summed E-state index contributed by atoms with van der Waals surface area (Å²) in [6.45, 7) is 4.06. The third-order valence-electron chi connectivity index (χ3n) is 5.47. The molecule has 33 heavy (non-hydrogen) atoms. The number of rotatable bonds is 7. The molecule has 0 saturated carbocycles. The molecule has 1 amide bonds. The van der Waals surface area contributed by atoms with E-state index in [0.717, 1.165) is 41.6 Å². The Morgan fingerprint density at radius 2 is 1.67 bits per heavy atom. The van der Waals surface area contributed by atoms with Gasteiger partial charge in [-0.3, -0.25) is 4.79 Å². The normalized spacial score (nSPS) is 13.7. The number of amides is 1. The van der Waals surface area contributed by atoms with Gasteiger partial charge in [0.2, 0.25) is 11.9 Å². The average molecular weight is 444 g/mol. The van der Waals surface area contributed by atoms with Crippen LogP contribution in [0, 0.1) is 6.92 Å². The summed E-state index contributed by atoms with van der Waals surface area (Å²) >= 11 is 0. The van der Waals surface area contributed by atoms with Crippen LogP contribution in [0.25, 0.3) is 6.08 Å². The van der Waals surface area contributed by atoms with Crippen molar-refractivity contribution in [3.63, 3.8) is 0 Å².